The van der Waals surface area contributed by atoms with Gasteiger partial charge in [-0.15, -0.1) is 5.10 Å². The smallest absolute Gasteiger partial charge is 0.168 e. The van der Waals surface area contributed by atoms with Crippen LogP contribution in [0, 0.1) is 0 Å². The average Bonchev–Trinajstić information content (AvgIpc) is 2.55. The lowest BCUT2D eigenvalue weighted by Gasteiger charge is -1.98. The summed E-state index contributed by atoms with van der Waals surface area (Å²) in [5.74, 6) is -0.0776. The summed E-state index contributed by atoms with van der Waals surface area (Å²) in [5.41, 5.74) is 1.11. The van der Waals surface area contributed by atoms with Crippen molar-refractivity contribution >= 4 is 0 Å². The Hall–Kier alpha value is -1.84. The van der Waals surface area contributed by atoms with Gasteiger partial charge in [0.15, 0.2) is 5.75 Å². The molecule has 78 valence electrons. The molecule has 0 unspecified atom stereocenters. The lowest BCUT2D eigenvalue weighted by molar-refractivity contribution is 0.318. The zero-order valence-electron chi connectivity index (χ0n) is 8.31. The lowest BCUT2D eigenvalue weighted by Crippen LogP contribution is -1.89. The summed E-state index contributed by atoms with van der Waals surface area (Å²) in [7, 11) is 0. The van der Waals surface area contributed by atoms with E-state index in [-0.39, 0.29) is 16.3 Å². The molecule has 0 fully saturated rings. The number of aryl methyl sites for hydroxylation is 1. The number of hydrogen-bond donors (Lipinski definition) is 1. The van der Waals surface area contributed by atoms with E-state index in [0.717, 1.165) is 0 Å². The molecule has 0 saturated carbocycles. The Morgan fingerprint density at radius 3 is 2.53 bits per heavy atom. The van der Waals surface area contributed by atoms with Gasteiger partial charge in [-0.3, -0.25) is 0 Å². The van der Waals surface area contributed by atoms with Gasteiger partial charge < -0.3 is 5.11 Å². The van der Waals surface area contributed by atoms with Gasteiger partial charge >= 0.3 is 0 Å². The highest BCUT2D eigenvalue weighted by molar-refractivity contribution is 5.67. The number of hydrogen-bond acceptors (Lipinski definition) is 2. The fourth-order valence-electron chi connectivity index (χ4n) is 1.50. The molecule has 15 heavy (non-hydrogen) atoms. The fraction of sp³-hybridized carbons (Fsp3) is 0.182. The molecule has 0 radical (unpaired) electrons. The van der Waals surface area contributed by atoms with Crippen molar-refractivity contribution in [2.75, 3.05) is 0 Å². The van der Waals surface area contributed by atoms with Crippen LogP contribution in [0.2, 0.25) is 0 Å². The molecule has 2 rings (SSSR count). The molecule has 0 spiro atoms. The molecule has 0 aliphatic carbocycles. The Kier molecular flexibility index (Phi) is 2.41. The maximum absolute atomic E-state index is 13.4. The maximum Gasteiger partial charge on any atom is 0.168 e. The number of aromatic nitrogens is 2. The van der Waals surface area contributed by atoms with Crippen LogP contribution in [-0.2, 0) is 6.42 Å². The van der Waals surface area contributed by atoms with E-state index in [2.05, 4.69) is 5.10 Å². The number of aromatic hydroxyl groups is 1. The van der Waals surface area contributed by atoms with Crippen LogP contribution < -0.4 is 0 Å². The van der Waals surface area contributed by atoms with Crippen molar-refractivity contribution in [1.29, 1.82) is 0 Å². The summed E-state index contributed by atoms with van der Waals surface area (Å²) < 4.78 is 13.4. The third-order valence-corrected chi connectivity index (χ3v) is 2.27. The van der Waals surface area contributed by atoms with Gasteiger partial charge in [-0.2, -0.15) is 0 Å². The summed E-state index contributed by atoms with van der Waals surface area (Å²) >= 11 is 0. The van der Waals surface area contributed by atoms with Crippen molar-refractivity contribution in [3.05, 3.63) is 36.0 Å². The molecule has 1 aromatic carbocycles. The first-order chi connectivity index (χ1) is 7.24. The molecular formula is C11H11FN2O. The van der Waals surface area contributed by atoms with Crippen LogP contribution >= 0.6 is 0 Å². The van der Waals surface area contributed by atoms with Gasteiger partial charge in [0.2, 0.25) is 0 Å². The zero-order valence-corrected chi connectivity index (χ0v) is 8.31. The first-order valence-electron chi connectivity index (χ1n) is 4.76. The normalized spacial score (nSPS) is 10.5. The molecule has 2 aromatic rings. The topological polar surface area (TPSA) is 38.0 Å². The van der Waals surface area contributed by atoms with E-state index in [9.17, 15) is 9.59 Å². The minimum atomic E-state index is -0.0776. The zero-order chi connectivity index (χ0) is 10.8. The number of rotatable bonds is 2. The van der Waals surface area contributed by atoms with Crippen LogP contribution in [0.4, 0.5) is 4.48 Å². The molecule has 0 aliphatic heterocycles. The summed E-state index contributed by atoms with van der Waals surface area (Å²) in [6.45, 7) is 1.82. The van der Waals surface area contributed by atoms with Gasteiger partial charge in [-0.25, -0.2) is 0 Å². The maximum atomic E-state index is 13.4. The van der Waals surface area contributed by atoms with Gasteiger partial charge in [0.25, 0.3) is 0 Å². The van der Waals surface area contributed by atoms with E-state index >= 15 is 0 Å². The van der Waals surface area contributed by atoms with Gasteiger partial charge in [0, 0.05) is 5.56 Å². The Morgan fingerprint density at radius 2 is 2.00 bits per heavy atom. The van der Waals surface area contributed by atoms with Crippen molar-refractivity contribution < 1.29 is 9.59 Å². The summed E-state index contributed by atoms with van der Waals surface area (Å²) in [6.07, 6.45) is 0.503. The molecule has 4 heteroatoms. The highest BCUT2D eigenvalue weighted by atomic mass is 19.2. The van der Waals surface area contributed by atoms with Crippen LogP contribution in [0.25, 0.3) is 11.3 Å². The monoisotopic (exact) mass is 206 g/mol. The van der Waals surface area contributed by atoms with Gasteiger partial charge in [0.05, 0.1) is 0 Å². The van der Waals surface area contributed by atoms with E-state index in [1.165, 1.54) is 0 Å². The highest BCUT2D eigenvalue weighted by Crippen LogP contribution is 2.32. The number of halogens is 1. The van der Waals surface area contributed by atoms with E-state index in [1.54, 1.807) is 24.3 Å². The molecule has 1 aromatic heterocycles. The molecule has 0 saturated heterocycles. The molecule has 1 N–H and O–H groups in total. The number of benzene rings is 1. The molecular weight excluding hydrogens is 195 g/mol. The standard InChI is InChI=1S/C11H11FN2O/c1-2-9-11(15)10(14(12)13-9)8-6-4-3-5-7-8/h3-7,15H,2H2,1H3. The Morgan fingerprint density at radius 1 is 1.33 bits per heavy atom. The van der Waals surface area contributed by atoms with Crippen LogP contribution in [0.3, 0.4) is 0 Å². The lowest BCUT2D eigenvalue weighted by atomic mass is 10.1. The van der Waals surface area contributed by atoms with Crippen LogP contribution in [0.5, 0.6) is 5.75 Å². The quantitative estimate of drug-likeness (QED) is 0.820. The largest absolute Gasteiger partial charge is 0.504 e. The predicted octanol–water partition coefficient (Wildman–Crippen LogP) is 2.55. The summed E-state index contributed by atoms with van der Waals surface area (Å²) in [5, 5.41) is 13.3. The van der Waals surface area contributed by atoms with E-state index < -0.39 is 0 Å². The Labute approximate surface area is 86.7 Å². The molecule has 0 amide bonds. The van der Waals surface area contributed by atoms with Crippen LogP contribution in [0.15, 0.2) is 30.3 Å². The second kappa shape index (κ2) is 3.73. The molecule has 0 atom stereocenters. The first kappa shape index (κ1) is 9.71. The second-order valence-electron chi connectivity index (χ2n) is 3.22. The minimum Gasteiger partial charge on any atom is -0.504 e. The van der Waals surface area contributed by atoms with Crippen molar-refractivity contribution in [1.82, 2.24) is 10.0 Å². The average molecular weight is 206 g/mol. The number of nitrogens with zero attached hydrogens (tertiary/aromatic N) is 2. The second-order valence-corrected chi connectivity index (χ2v) is 3.22. The van der Waals surface area contributed by atoms with Crippen LogP contribution in [-0.4, -0.2) is 15.1 Å². The fourth-order valence-corrected chi connectivity index (χ4v) is 1.50. The highest BCUT2D eigenvalue weighted by Gasteiger charge is 2.17. The molecule has 1 heterocycles. The minimum absolute atomic E-state index is 0.0776. The Bertz CT molecular complexity index is 465. The summed E-state index contributed by atoms with van der Waals surface area (Å²) in [4.78, 5) is 0.226. The molecule has 0 aliphatic rings. The van der Waals surface area contributed by atoms with Gasteiger partial charge in [-0.1, -0.05) is 46.6 Å². The van der Waals surface area contributed by atoms with Gasteiger partial charge in [0.1, 0.15) is 11.4 Å². The third-order valence-electron chi connectivity index (χ3n) is 2.27. The predicted molar refractivity (Wildman–Crippen MR) is 55.2 cm³/mol. The SMILES string of the molecule is CCc1nn(F)c(-c2ccccc2)c1O. The molecule has 0 bridgehead atoms. The van der Waals surface area contributed by atoms with Crippen molar-refractivity contribution in [3.8, 4) is 17.0 Å². The van der Waals surface area contributed by atoms with Crippen LogP contribution in [0.1, 0.15) is 12.6 Å². The van der Waals surface area contributed by atoms with E-state index in [1.807, 2.05) is 13.0 Å². The van der Waals surface area contributed by atoms with Crippen molar-refractivity contribution in [3.63, 3.8) is 0 Å². The summed E-state index contributed by atoms with van der Waals surface area (Å²) in [6, 6.07) is 8.86. The van der Waals surface area contributed by atoms with E-state index in [0.29, 0.717) is 17.7 Å². The van der Waals surface area contributed by atoms with Crippen molar-refractivity contribution in [2.24, 2.45) is 0 Å². The van der Waals surface area contributed by atoms with Gasteiger partial charge in [-0.05, 0) is 6.42 Å². The molecule has 3 nitrogen and oxygen atoms in total. The third kappa shape index (κ3) is 1.58. The Balaban J connectivity index is 2.58. The van der Waals surface area contributed by atoms with Crippen molar-refractivity contribution in [2.45, 2.75) is 13.3 Å². The van der Waals surface area contributed by atoms with E-state index in [4.69, 9.17) is 0 Å². The first-order valence-corrected chi connectivity index (χ1v) is 4.76.